The predicted octanol–water partition coefficient (Wildman–Crippen LogP) is 2.10. The number of nitrogens with one attached hydrogen (secondary N) is 1. The number of nitrogens with zero attached hydrogens (tertiary/aromatic N) is 3. The van der Waals surface area contributed by atoms with Gasteiger partial charge < -0.3 is 10.3 Å². The van der Waals surface area contributed by atoms with Crippen molar-refractivity contribution in [3.05, 3.63) is 10.8 Å². The fraction of sp³-hybridized carbons (Fsp3) is 0.600. The summed E-state index contributed by atoms with van der Waals surface area (Å²) in [6, 6.07) is 0.416. The van der Waals surface area contributed by atoms with E-state index in [2.05, 4.69) is 49.4 Å². The Kier molecular flexibility index (Phi) is 6.01. The van der Waals surface area contributed by atoms with Crippen LogP contribution < -0.4 is 16.2 Å². The van der Waals surface area contributed by atoms with Gasteiger partial charge in [0, 0.05) is 13.1 Å². The second-order valence-corrected chi connectivity index (χ2v) is 5.52. The van der Waals surface area contributed by atoms with Crippen molar-refractivity contribution in [1.29, 1.82) is 0 Å². The number of rotatable bonds is 6. The molecule has 1 heterocycles. The molecule has 0 aromatic carbocycles. The summed E-state index contributed by atoms with van der Waals surface area (Å²) < 4.78 is 0.793. The first-order valence-corrected chi connectivity index (χ1v) is 7.49. The third-order valence-electron chi connectivity index (χ3n) is 2.64. The number of halogens is 1. The Balaban J connectivity index is 2.84. The van der Waals surface area contributed by atoms with Gasteiger partial charge in [-0.25, -0.2) is 15.8 Å². The molecular weight excluding hydrogens is 302 g/mol. The SMILES string of the molecule is CSCCC(C)N(C)c1ncnc(NN)c1Br. The van der Waals surface area contributed by atoms with E-state index in [9.17, 15) is 0 Å². The number of thioether (sulfide) groups is 1. The first kappa shape index (κ1) is 14.5. The predicted molar refractivity (Wildman–Crippen MR) is 78.4 cm³/mol. The van der Waals surface area contributed by atoms with Gasteiger partial charge in [0.05, 0.1) is 0 Å². The molecule has 1 unspecified atom stereocenters. The van der Waals surface area contributed by atoms with Gasteiger partial charge in [-0.3, -0.25) is 0 Å². The molecule has 1 rings (SSSR count). The maximum Gasteiger partial charge on any atom is 0.159 e. The highest BCUT2D eigenvalue weighted by Gasteiger charge is 2.16. The van der Waals surface area contributed by atoms with Crippen LogP contribution in [0.4, 0.5) is 11.6 Å². The summed E-state index contributed by atoms with van der Waals surface area (Å²) in [4.78, 5) is 10.4. The van der Waals surface area contributed by atoms with Crippen LogP contribution in [0.1, 0.15) is 13.3 Å². The monoisotopic (exact) mass is 319 g/mol. The van der Waals surface area contributed by atoms with Crippen LogP contribution in [0, 0.1) is 0 Å². The van der Waals surface area contributed by atoms with Crippen molar-refractivity contribution in [2.24, 2.45) is 5.84 Å². The van der Waals surface area contributed by atoms with Gasteiger partial charge in [0.2, 0.25) is 0 Å². The summed E-state index contributed by atoms with van der Waals surface area (Å²) in [5, 5.41) is 0. The Hall–Kier alpha value is -0.530. The zero-order chi connectivity index (χ0) is 12.8. The van der Waals surface area contributed by atoms with Crippen molar-refractivity contribution < 1.29 is 0 Å². The van der Waals surface area contributed by atoms with Gasteiger partial charge in [-0.05, 0) is 41.3 Å². The van der Waals surface area contributed by atoms with Gasteiger partial charge in [0.1, 0.15) is 16.6 Å². The van der Waals surface area contributed by atoms with Crippen LogP contribution in [0.5, 0.6) is 0 Å². The van der Waals surface area contributed by atoms with Crippen LogP contribution in [0.3, 0.4) is 0 Å². The lowest BCUT2D eigenvalue weighted by atomic mass is 10.2. The molecule has 96 valence electrons. The van der Waals surface area contributed by atoms with E-state index in [0.29, 0.717) is 11.9 Å². The summed E-state index contributed by atoms with van der Waals surface area (Å²) in [6.45, 7) is 2.18. The van der Waals surface area contributed by atoms with Gasteiger partial charge in [-0.1, -0.05) is 0 Å². The van der Waals surface area contributed by atoms with E-state index in [-0.39, 0.29) is 0 Å². The Labute approximate surface area is 115 Å². The minimum atomic E-state index is 0.416. The van der Waals surface area contributed by atoms with Crippen molar-refractivity contribution in [1.82, 2.24) is 9.97 Å². The third kappa shape index (κ3) is 3.72. The maximum absolute atomic E-state index is 5.38. The lowest BCUT2D eigenvalue weighted by Gasteiger charge is -2.26. The van der Waals surface area contributed by atoms with Crippen molar-refractivity contribution >= 4 is 39.3 Å². The lowest BCUT2D eigenvalue weighted by Crippen LogP contribution is -2.30. The van der Waals surface area contributed by atoms with Gasteiger partial charge in [0.25, 0.3) is 0 Å². The Morgan fingerprint density at radius 3 is 2.88 bits per heavy atom. The van der Waals surface area contributed by atoms with E-state index in [1.807, 2.05) is 18.8 Å². The number of hydrogen-bond acceptors (Lipinski definition) is 6. The zero-order valence-corrected chi connectivity index (χ0v) is 12.7. The highest BCUT2D eigenvalue weighted by atomic mass is 79.9. The minimum absolute atomic E-state index is 0.416. The standard InChI is InChI=1S/C10H18BrN5S/c1-7(4-5-17-3)16(2)10-8(11)9(15-12)13-6-14-10/h6-7H,4-5,12H2,1-3H3,(H,13,14,15). The van der Waals surface area contributed by atoms with Crippen LogP contribution in [0.25, 0.3) is 0 Å². The summed E-state index contributed by atoms with van der Waals surface area (Å²) in [6.07, 6.45) is 4.73. The van der Waals surface area contributed by atoms with Gasteiger partial charge in [-0.2, -0.15) is 11.8 Å². The van der Waals surface area contributed by atoms with Crippen LogP contribution in [0.15, 0.2) is 10.8 Å². The Morgan fingerprint density at radius 1 is 1.59 bits per heavy atom. The first-order valence-electron chi connectivity index (χ1n) is 5.30. The molecule has 0 aliphatic carbocycles. The number of hydrazine groups is 1. The molecule has 0 radical (unpaired) electrons. The number of aromatic nitrogens is 2. The quantitative estimate of drug-likeness (QED) is 0.618. The summed E-state index contributed by atoms with van der Waals surface area (Å²) in [7, 11) is 2.03. The fourth-order valence-electron chi connectivity index (χ4n) is 1.40. The van der Waals surface area contributed by atoms with E-state index in [4.69, 9.17) is 5.84 Å². The van der Waals surface area contributed by atoms with Crippen LogP contribution in [-0.4, -0.2) is 35.1 Å². The lowest BCUT2D eigenvalue weighted by molar-refractivity contribution is 0.660. The molecule has 0 aliphatic rings. The van der Waals surface area contributed by atoms with E-state index in [1.54, 1.807) is 0 Å². The number of hydrogen-bond donors (Lipinski definition) is 2. The van der Waals surface area contributed by atoms with Crippen molar-refractivity contribution in [3.8, 4) is 0 Å². The highest BCUT2D eigenvalue weighted by molar-refractivity contribution is 9.10. The van der Waals surface area contributed by atoms with Crippen LogP contribution >= 0.6 is 27.7 Å². The molecule has 1 atom stereocenters. The third-order valence-corrected chi connectivity index (χ3v) is 4.02. The molecule has 1 aromatic heterocycles. The summed E-state index contributed by atoms with van der Waals surface area (Å²) >= 11 is 5.32. The fourth-order valence-corrected chi connectivity index (χ4v) is 2.57. The molecule has 0 amide bonds. The molecule has 0 aliphatic heterocycles. The normalized spacial score (nSPS) is 12.3. The Bertz CT molecular complexity index is 363. The molecule has 7 heteroatoms. The molecule has 0 fully saturated rings. The van der Waals surface area contributed by atoms with Crippen molar-refractivity contribution in [2.75, 3.05) is 29.4 Å². The zero-order valence-electron chi connectivity index (χ0n) is 10.3. The van der Waals surface area contributed by atoms with Crippen molar-refractivity contribution in [3.63, 3.8) is 0 Å². The molecule has 0 spiro atoms. The number of nitrogen functional groups attached to an aromatic ring is 1. The molecule has 17 heavy (non-hydrogen) atoms. The van der Waals surface area contributed by atoms with Crippen LogP contribution in [0.2, 0.25) is 0 Å². The second kappa shape index (κ2) is 7.03. The van der Waals surface area contributed by atoms with Gasteiger partial charge >= 0.3 is 0 Å². The average Bonchev–Trinajstić information content (AvgIpc) is 2.35. The minimum Gasteiger partial charge on any atom is -0.356 e. The highest BCUT2D eigenvalue weighted by Crippen LogP contribution is 2.29. The first-order chi connectivity index (χ1) is 8.11. The molecule has 1 aromatic rings. The van der Waals surface area contributed by atoms with E-state index in [0.717, 1.165) is 22.5 Å². The molecule has 3 N–H and O–H groups in total. The topological polar surface area (TPSA) is 67.1 Å². The maximum atomic E-state index is 5.38. The van der Waals surface area contributed by atoms with Crippen molar-refractivity contribution in [2.45, 2.75) is 19.4 Å². The summed E-state index contributed by atoms with van der Waals surface area (Å²) in [5.74, 6) is 7.96. The molecular formula is C10H18BrN5S. The average molecular weight is 320 g/mol. The molecule has 0 bridgehead atoms. The van der Waals surface area contributed by atoms with Crippen LogP contribution in [-0.2, 0) is 0 Å². The molecule has 0 saturated carbocycles. The van der Waals surface area contributed by atoms with Gasteiger partial charge in [0.15, 0.2) is 5.82 Å². The smallest absolute Gasteiger partial charge is 0.159 e. The second-order valence-electron chi connectivity index (χ2n) is 3.75. The molecule has 0 saturated heterocycles. The van der Waals surface area contributed by atoms with E-state index >= 15 is 0 Å². The molecule has 5 nitrogen and oxygen atoms in total. The van der Waals surface area contributed by atoms with E-state index in [1.165, 1.54) is 6.33 Å². The number of nitrogens with two attached hydrogens (primary N) is 1. The Morgan fingerprint density at radius 2 is 2.29 bits per heavy atom. The number of anilines is 2. The van der Waals surface area contributed by atoms with Gasteiger partial charge in [-0.15, -0.1) is 0 Å². The largest absolute Gasteiger partial charge is 0.356 e. The van der Waals surface area contributed by atoms with E-state index < -0.39 is 0 Å². The summed E-state index contributed by atoms with van der Waals surface area (Å²) in [5.41, 5.74) is 2.54.